The molecule has 1 fully saturated rings. The van der Waals surface area contributed by atoms with Crippen molar-refractivity contribution in [3.8, 4) is 5.75 Å². The Morgan fingerprint density at radius 1 is 1.41 bits per heavy atom. The van der Waals surface area contributed by atoms with Crippen LogP contribution >= 0.6 is 0 Å². The lowest BCUT2D eigenvalue weighted by Gasteiger charge is -2.22. The molecule has 1 aliphatic heterocycles. The monoisotopic (exact) mass is 304 g/mol. The van der Waals surface area contributed by atoms with Crippen LogP contribution in [-0.2, 0) is 11.3 Å². The van der Waals surface area contributed by atoms with Gasteiger partial charge in [0, 0.05) is 18.7 Å². The predicted molar refractivity (Wildman–Crippen MR) is 88.8 cm³/mol. The van der Waals surface area contributed by atoms with Gasteiger partial charge in [0.15, 0.2) is 0 Å². The van der Waals surface area contributed by atoms with E-state index in [4.69, 9.17) is 4.74 Å². The molecule has 1 saturated heterocycles. The summed E-state index contributed by atoms with van der Waals surface area (Å²) in [6, 6.07) is 7.95. The third kappa shape index (κ3) is 5.34. The zero-order valence-electron chi connectivity index (χ0n) is 13.7. The van der Waals surface area contributed by atoms with Crippen LogP contribution in [0.4, 0.5) is 0 Å². The molecule has 1 heterocycles. The van der Waals surface area contributed by atoms with Crippen LogP contribution in [-0.4, -0.2) is 25.6 Å². The smallest absolute Gasteiger partial charge is 0.224 e. The zero-order chi connectivity index (χ0) is 15.8. The zero-order valence-corrected chi connectivity index (χ0v) is 13.7. The largest absolute Gasteiger partial charge is 0.493 e. The number of carbonyl (C=O) groups excluding carboxylic acids is 1. The highest BCUT2D eigenvalue weighted by Gasteiger charge is 2.20. The second kappa shape index (κ2) is 8.79. The van der Waals surface area contributed by atoms with E-state index in [-0.39, 0.29) is 11.8 Å². The van der Waals surface area contributed by atoms with E-state index in [0.29, 0.717) is 12.5 Å². The van der Waals surface area contributed by atoms with Gasteiger partial charge in [-0.3, -0.25) is 4.79 Å². The first-order valence-corrected chi connectivity index (χ1v) is 8.36. The third-order valence-electron chi connectivity index (χ3n) is 4.05. The molecule has 122 valence electrons. The minimum absolute atomic E-state index is 0.0998. The second-order valence-electron chi connectivity index (χ2n) is 6.40. The Labute approximate surface area is 133 Å². The SMILES string of the molecule is CC(C)CCOc1ccccc1CNC(=O)C1CCCNC1. The Kier molecular flexibility index (Phi) is 6.72. The molecule has 1 unspecified atom stereocenters. The fourth-order valence-electron chi connectivity index (χ4n) is 2.60. The van der Waals surface area contributed by atoms with Crippen molar-refractivity contribution in [2.45, 2.75) is 39.7 Å². The van der Waals surface area contributed by atoms with Crippen molar-refractivity contribution in [3.63, 3.8) is 0 Å². The molecule has 2 rings (SSSR count). The van der Waals surface area contributed by atoms with Crippen molar-refractivity contribution in [2.24, 2.45) is 11.8 Å². The van der Waals surface area contributed by atoms with E-state index in [2.05, 4.69) is 24.5 Å². The number of piperidine rings is 1. The summed E-state index contributed by atoms with van der Waals surface area (Å²) in [5.74, 6) is 1.75. The summed E-state index contributed by atoms with van der Waals surface area (Å²) in [6.07, 6.45) is 3.09. The molecule has 0 spiro atoms. The predicted octanol–water partition coefficient (Wildman–Crippen LogP) is 2.73. The molecule has 1 atom stereocenters. The van der Waals surface area contributed by atoms with Crippen LogP contribution in [0.15, 0.2) is 24.3 Å². The summed E-state index contributed by atoms with van der Waals surface area (Å²) >= 11 is 0. The van der Waals surface area contributed by atoms with E-state index in [0.717, 1.165) is 50.3 Å². The number of nitrogens with one attached hydrogen (secondary N) is 2. The average molecular weight is 304 g/mol. The number of carbonyl (C=O) groups is 1. The lowest BCUT2D eigenvalue weighted by atomic mass is 9.99. The van der Waals surface area contributed by atoms with E-state index in [1.807, 2.05) is 24.3 Å². The highest BCUT2D eigenvalue weighted by atomic mass is 16.5. The van der Waals surface area contributed by atoms with Gasteiger partial charge in [0.2, 0.25) is 5.91 Å². The Morgan fingerprint density at radius 2 is 2.23 bits per heavy atom. The van der Waals surface area contributed by atoms with E-state index in [1.54, 1.807) is 0 Å². The first-order valence-electron chi connectivity index (χ1n) is 8.36. The fourth-order valence-corrected chi connectivity index (χ4v) is 2.60. The number of para-hydroxylation sites is 1. The highest BCUT2D eigenvalue weighted by molar-refractivity contribution is 5.79. The van der Waals surface area contributed by atoms with Crippen LogP contribution in [0, 0.1) is 11.8 Å². The van der Waals surface area contributed by atoms with Gasteiger partial charge in [0.1, 0.15) is 5.75 Å². The Bertz CT molecular complexity index is 468. The summed E-state index contributed by atoms with van der Waals surface area (Å²) in [4.78, 5) is 12.2. The normalized spacial score (nSPS) is 18.2. The van der Waals surface area contributed by atoms with Crippen molar-refractivity contribution in [3.05, 3.63) is 29.8 Å². The molecule has 2 N–H and O–H groups in total. The lowest BCUT2D eigenvalue weighted by molar-refractivity contribution is -0.125. The summed E-state index contributed by atoms with van der Waals surface area (Å²) in [7, 11) is 0. The van der Waals surface area contributed by atoms with Gasteiger partial charge in [-0.1, -0.05) is 32.0 Å². The second-order valence-corrected chi connectivity index (χ2v) is 6.40. The van der Waals surface area contributed by atoms with Gasteiger partial charge in [0.05, 0.1) is 12.5 Å². The topological polar surface area (TPSA) is 50.4 Å². The summed E-state index contributed by atoms with van der Waals surface area (Å²) in [5.41, 5.74) is 1.04. The van der Waals surface area contributed by atoms with Crippen LogP contribution in [0.1, 0.15) is 38.7 Å². The standard InChI is InChI=1S/C18H28N2O2/c1-14(2)9-11-22-17-8-4-3-6-15(17)13-20-18(21)16-7-5-10-19-12-16/h3-4,6,8,14,16,19H,5,7,9-13H2,1-2H3,(H,20,21). The maximum Gasteiger partial charge on any atom is 0.224 e. The molecule has 1 amide bonds. The van der Waals surface area contributed by atoms with Gasteiger partial charge in [-0.25, -0.2) is 0 Å². The van der Waals surface area contributed by atoms with Gasteiger partial charge < -0.3 is 15.4 Å². The molecule has 22 heavy (non-hydrogen) atoms. The van der Waals surface area contributed by atoms with Gasteiger partial charge >= 0.3 is 0 Å². The summed E-state index contributed by atoms with van der Waals surface area (Å²) in [6.45, 7) is 7.44. The van der Waals surface area contributed by atoms with E-state index in [9.17, 15) is 4.79 Å². The molecular weight excluding hydrogens is 276 g/mol. The average Bonchev–Trinajstić information content (AvgIpc) is 2.54. The Morgan fingerprint density at radius 3 is 2.95 bits per heavy atom. The molecule has 1 aromatic rings. The van der Waals surface area contributed by atoms with Crippen molar-refractivity contribution in [1.82, 2.24) is 10.6 Å². The van der Waals surface area contributed by atoms with Crippen LogP contribution in [0.25, 0.3) is 0 Å². The maximum atomic E-state index is 12.2. The van der Waals surface area contributed by atoms with E-state index >= 15 is 0 Å². The van der Waals surface area contributed by atoms with Crippen molar-refractivity contribution in [2.75, 3.05) is 19.7 Å². The molecule has 4 nitrogen and oxygen atoms in total. The number of hydrogen-bond donors (Lipinski definition) is 2. The number of benzene rings is 1. The quantitative estimate of drug-likeness (QED) is 0.814. The molecule has 0 aromatic heterocycles. The molecule has 0 saturated carbocycles. The van der Waals surface area contributed by atoms with E-state index in [1.165, 1.54) is 0 Å². The van der Waals surface area contributed by atoms with Crippen LogP contribution < -0.4 is 15.4 Å². The molecule has 0 bridgehead atoms. The fraction of sp³-hybridized carbons (Fsp3) is 0.611. The molecule has 0 aliphatic carbocycles. The summed E-state index contributed by atoms with van der Waals surface area (Å²) < 4.78 is 5.86. The molecule has 4 heteroatoms. The molecular formula is C18H28N2O2. The van der Waals surface area contributed by atoms with E-state index < -0.39 is 0 Å². The number of amides is 1. The number of rotatable bonds is 7. The van der Waals surface area contributed by atoms with Crippen LogP contribution in [0.3, 0.4) is 0 Å². The van der Waals surface area contributed by atoms with Crippen molar-refractivity contribution < 1.29 is 9.53 Å². The molecule has 1 aliphatic rings. The Hall–Kier alpha value is -1.55. The number of hydrogen-bond acceptors (Lipinski definition) is 3. The molecule has 1 aromatic carbocycles. The minimum Gasteiger partial charge on any atom is -0.493 e. The first kappa shape index (κ1) is 16.8. The molecule has 0 radical (unpaired) electrons. The van der Waals surface area contributed by atoms with Crippen molar-refractivity contribution >= 4 is 5.91 Å². The maximum absolute atomic E-state index is 12.2. The highest BCUT2D eigenvalue weighted by Crippen LogP contribution is 2.19. The minimum atomic E-state index is 0.0998. The number of ether oxygens (including phenoxy) is 1. The van der Waals surface area contributed by atoms with Gasteiger partial charge in [-0.2, -0.15) is 0 Å². The van der Waals surface area contributed by atoms with Gasteiger partial charge in [0.25, 0.3) is 0 Å². The van der Waals surface area contributed by atoms with Crippen molar-refractivity contribution in [1.29, 1.82) is 0 Å². The van der Waals surface area contributed by atoms with Crippen LogP contribution in [0.2, 0.25) is 0 Å². The van der Waals surface area contributed by atoms with Gasteiger partial charge in [-0.15, -0.1) is 0 Å². The van der Waals surface area contributed by atoms with Crippen LogP contribution in [0.5, 0.6) is 5.75 Å². The summed E-state index contributed by atoms with van der Waals surface area (Å²) in [5, 5.41) is 6.33. The van der Waals surface area contributed by atoms with Gasteiger partial charge in [-0.05, 0) is 37.8 Å². The third-order valence-corrected chi connectivity index (χ3v) is 4.05. The Balaban J connectivity index is 1.84. The first-order chi connectivity index (χ1) is 10.7. The lowest BCUT2D eigenvalue weighted by Crippen LogP contribution is -2.40.